The number of thiol groups is 1. The van der Waals surface area contributed by atoms with Gasteiger partial charge in [-0.2, -0.15) is 12.6 Å². The molecule has 17 heavy (non-hydrogen) atoms. The molecule has 6 nitrogen and oxygen atoms in total. The lowest BCUT2D eigenvalue weighted by Gasteiger charge is -2.15. The molecule has 0 aliphatic heterocycles. The fourth-order valence-electron chi connectivity index (χ4n) is 1.04. The van der Waals surface area contributed by atoms with E-state index in [1.165, 1.54) is 6.92 Å². The number of hydrogen-bond donors (Lipinski definition) is 3. The first kappa shape index (κ1) is 16.2. The first-order chi connectivity index (χ1) is 7.82. The molecular formula is C9H18N2O4S2. The summed E-state index contributed by atoms with van der Waals surface area (Å²) in [6.07, 6.45) is 0. The maximum Gasteiger partial charge on any atom is 0.243 e. The molecule has 0 saturated carbocycles. The van der Waals surface area contributed by atoms with Gasteiger partial charge in [-0.3, -0.25) is 9.59 Å². The van der Waals surface area contributed by atoms with Crippen LogP contribution in [0.4, 0.5) is 0 Å². The van der Waals surface area contributed by atoms with Gasteiger partial charge in [0.05, 0.1) is 5.75 Å². The molecule has 0 aromatic rings. The lowest BCUT2D eigenvalue weighted by atomic mass is 10.3. The van der Waals surface area contributed by atoms with Gasteiger partial charge in [-0.15, -0.1) is 0 Å². The zero-order chi connectivity index (χ0) is 13.5. The Bertz CT molecular complexity index is 367. The van der Waals surface area contributed by atoms with E-state index in [0.29, 0.717) is 0 Å². The van der Waals surface area contributed by atoms with Crippen molar-refractivity contribution >= 4 is 34.3 Å². The van der Waals surface area contributed by atoms with Crippen molar-refractivity contribution in [2.75, 3.05) is 23.8 Å². The molecule has 0 aromatic heterocycles. The fraction of sp³-hybridized carbons (Fsp3) is 0.778. The normalized spacial score (nSPS) is 12.9. The van der Waals surface area contributed by atoms with E-state index in [4.69, 9.17) is 0 Å². The van der Waals surface area contributed by atoms with Gasteiger partial charge in [0.2, 0.25) is 11.8 Å². The SMILES string of the molecule is CCS(=O)(=O)CCNC(=O)C(CS)NC(C)=O. The van der Waals surface area contributed by atoms with Gasteiger partial charge in [0.1, 0.15) is 6.04 Å². The van der Waals surface area contributed by atoms with Crippen LogP contribution in [-0.2, 0) is 19.4 Å². The molecule has 0 radical (unpaired) electrons. The molecule has 0 aromatic carbocycles. The molecule has 0 fully saturated rings. The largest absolute Gasteiger partial charge is 0.353 e. The summed E-state index contributed by atoms with van der Waals surface area (Å²) in [4.78, 5) is 22.3. The maximum atomic E-state index is 11.5. The molecule has 100 valence electrons. The topological polar surface area (TPSA) is 92.3 Å². The van der Waals surface area contributed by atoms with Gasteiger partial charge >= 0.3 is 0 Å². The number of rotatable bonds is 7. The minimum Gasteiger partial charge on any atom is -0.353 e. The van der Waals surface area contributed by atoms with Gasteiger partial charge in [-0.25, -0.2) is 8.42 Å². The van der Waals surface area contributed by atoms with Crippen LogP contribution in [0.25, 0.3) is 0 Å². The second-order valence-electron chi connectivity index (χ2n) is 3.46. The van der Waals surface area contributed by atoms with Crippen molar-refractivity contribution in [1.29, 1.82) is 0 Å². The summed E-state index contributed by atoms with van der Waals surface area (Å²) in [5.74, 6) is -0.660. The smallest absolute Gasteiger partial charge is 0.243 e. The van der Waals surface area contributed by atoms with Crippen LogP contribution in [0.1, 0.15) is 13.8 Å². The molecule has 0 spiro atoms. The van der Waals surface area contributed by atoms with E-state index >= 15 is 0 Å². The highest BCUT2D eigenvalue weighted by Gasteiger charge is 2.17. The van der Waals surface area contributed by atoms with Crippen molar-refractivity contribution in [3.63, 3.8) is 0 Å². The van der Waals surface area contributed by atoms with Crippen molar-refractivity contribution in [2.24, 2.45) is 0 Å². The fourth-order valence-corrected chi connectivity index (χ4v) is 2.00. The molecule has 0 aliphatic rings. The van der Waals surface area contributed by atoms with Crippen LogP contribution in [0.3, 0.4) is 0 Å². The van der Waals surface area contributed by atoms with Crippen LogP contribution in [0.5, 0.6) is 0 Å². The van der Waals surface area contributed by atoms with Crippen LogP contribution in [-0.4, -0.2) is 50.1 Å². The van der Waals surface area contributed by atoms with E-state index in [0.717, 1.165) is 0 Å². The van der Waals surface area contributed by atoms with Crippen molar-refractivity contribution in [3.8, 4) is 0 Å². The van der Waals surface area contributed by atoms with E-state index < -0.39 is 21.8 Å². The van der Waals surface area contributed by atoms with Crippen LogP contribution in [0.2, 0.25) is 0 Å². The van der Waals surface area contributed by atoms with Crippen LogP contribution in [0.15, 0.2) is 0 Å². The van der Waals surface area contributed by atoms with Gasteiger partial charge < -0.3 is 10.6 Å². The van der Waals surface area contributed by atoms with Crippen molar-refractivity contribution in [1.82, 2.24) is 10.6 Å². The van der Waals surface area contributed by atoms with Crippen LogP contribution >= 0.6 is 12.6 Å². The number of amides is 2. The summed E-state index contributed by atoms with van der Waals surface area (Å²) in [7, 11) is -3.09. The van der Waals surface area contributed by atoms with Crippen LogP contribution in [0, 0.1) is 0 Å². The van der Waals surface area contributed by atoms with Gasteiger partial charge in [0.25, 0.3) is 0 Å². The van der Waals surface area contributed by atoms with E-state index in [9.17, 15) is 18.0 Å². The zero-order valence-electron chi connectivity index (χ0n) is 9.89. The minimum atomic E-state index is -3.09. The highest BCUT2D eigenvalue weighted by Crippen LogP contribution is 1.91. The third-order valence-corrected chi connectivity index (χ3v) is 4.10. The van der Waals surface area contributed by atoms with E-state index in [2.05, 4.69) is 23.3 Å². The van der Waals surface area contributed by atoms with Gasteiger partial charge in [0, 0.05) is 25.0 Å². The number of hydrogen-bond acceptors (Lipinski definition) is 5. The number of carbonyl (C=O) groups excluding carboxylic acids is 2. The lowest BCUT2D eigenvalue weighted by Crippen LogP contribution is -2.48. The minimum absolute atomic E-state index is 0.0405. The second-order valence-corrected chi connectivity index (χ2v) is 6.30. The summed E-state index contributed by atoms with van der Waals surface area (Å²) in [5, 5.41) is 4.86. The number of sulfone groups is 1. The van der Waals surface area contributed by atoms with E-state index in [1.807, 2.05) is 0 Å². The van der Waals surface area contributed by atoms with Gasteiger partial charge in [0.15, 0.2) is 9.84 Å². The zero-order valence-corrected chi connectivity index (χ0v) is 11.6. The Morgan fingerprint density at radius 3 is 2.35 bits per heavy atom. The molecule has 0 aliphatic carbocycles. The summed E-state index contributed by atoms with van der Waals surface area (Å²) in [6, 6.07) is -0.736. The number of nitrogens with one attached hydrogen (secondary N) is 2. The standard InChI is InChI=1S/C9H18N2O4S2/c1-3-17(14,15)5-4-10-9(13)8(6-16)11-7(2)12/h8,16H,3-6H2,1-2H3,(H,10,13)(H,11,12). The molecule has 0 bridgehead atoms. The Balaban J connectivity index is 4.12. The highest BCUT2D eigenvalue weighted by atomic mass is 32.2. The quantitative estimate of drug-likeness (QED) is 0.521. The van der Waals surface area contributed by atoms with Crippen molar-refractivity contribution in [3.05, 3.63) is 0 Å². The average Bonchev–Trinajstić information content (AvgIpc) is 2.25. The molecule has 1 atom stereocenters. The predicted octanol–water partition coefficient (Wildman–Crippen LogP) is -1.03. The van der Waals surface area contributed by atoms with Gasteiger partial charge in [-0.1, -0.05) is 6.92 Å². The molecule has 8 heteroatoms. The summed E-state index contributed by atoms with van der Waals surface area (Å²) in [5.41, 5.74) is 0. The number of carbonyl (C=O) groups is 2. The third-order valence-electron chi connectivity index (χ3n) is 2.03. The van der Waals surface area contributed by atoms with E-state index in [-0.39, 0.29) is 29.7 Å². The summed E-state index contributed by atoms with van der Waals surface area (Å²) < 4.78 is 22.3. The Morgan fingerprint density at radius 2 is 1.94 bits per heavy atom. The predicted molar refractivity (Wildman–Crippen MR) is 68.8 cm³/mol. The first-order valence-electron chi connectivity index (χ1n) is 5.18. The van der Waals surface area contributed by atoms with Crippen molar-refractivity contribution < 1.29 is 18.0 Å². The van der Waals surface area contributed by atoms with E-state index in [1.54, 1.807) is 6.92 Å². The monoisotopic (exact) mass is 282 g/mol. The molecule has 0 heterocycles. The lowest BCUT2D eigenvalue weighted by molar-refractivity contribution is -0.127. The third kappa shape index (κ3) is 7.22. The van der Waals surface area contributed by atoms with Gasteiger partial charge in [-0.05, 0) is 0 Å². The average molecular weight is 282 g/mol. The molecule has 0 saturated heterocycles. The Hall–Kier alpha value is -0.760. The maximum absolute atomic E-state index is 11.5. The molecule has 1 unspecified atom stereocenters. The first-order valence-corrected chi connectivity index (χ1v) is 7.64. The van der Waals surface area contributed by atoms with Crippen LogP contribution < -0.4 is 10.6 Å². The molecule has 2 amide bonds. The summed E-state index contributed by atoms with van der Waals surface area (Å²) in [6.45, 7) is 2.88. The Morgan fingerprint density at radius 1 is 1.35 bits per heavy atom. The molecular weight excluding hydrogens is 264 g/mol. The summed E-state index contributed by atoms with van der Waals surface area (Å²) >= 11 is 3.93. The molecule has 0 rings (SSSR count). The Labute approximate surface area is 107 Å². The van der Waals surface area contributed by atoms with Crippen molar-refractivity contribution in [2.45, 2.75) is 19.9 Å². The molecule has 2 N–H and O–H groups in total. The highest BCUT2D eigenvalue weighted by molar-refractivity contribution is 7.91. The Kier molecular flexibility index (Phi) is 7.21. The second kappa shape index (κ2) is 7.54.